The normalized spacial score (nSPS) is 10.6. The van der Waals surface area contributed by atoms with Crippen molar-refractivity contribution in [2.24, 2.45) is 0 Å². The number of aliphatic carboxylic acids is 1. The molecular formula is C16H17F2N3O3. The molecule has 0 aliphatic rings. The molecule has 0 aliphatic heterocycles. The van der Waals surface area contributed by atoms with Crippen molar-refractivity contribution < 1.29 is 23.5 Å². The van der Waals surface area contributed by atoms with Crippen molar-refractivity contribution in [3.63, 3.8) is 0 Å². The van der Waals surface area contributed by atoms with Crippen molar-refractivity contribution in [3.8, 4) is 0 Å². The lowest BCUT2D eigenvalue weighted by atomic mass is 10.2. The molecule has 0 unspecified atom stereocenters. The second-order valence-corrected chi connectivity index (χ2v) is 5.25. The van der Waals surface area contributed by atoms with Crippen LogP contribution in [0.4, 0.5) is 8.78 Å². The largest absolute Gasteiger partial charge is 0.481 e. The summed E-state index contributed by atoms with van der Waals surface area (Å²) in [6, 6.07) is 4.88. The zero-order valence-corrected chi connectivity index (χ0v) is 13.1. The molecule has 2 rings (SSSR count). The van der Waals surface area contributed by atoms with Crippen LogP contribution in [-0.2, 0) is 17.8 Å². The Morgan fingerprint density at radius 2 is 2.00 bits per heavy atom. The number of benzene rings is 1. The first-order chi connectivity index (χ1) is 11.4. The molecule has 8 heteroatoms. The Hall–Kier alpha value is -2.77. The first kappa shape index (κ1) is 17.6. The first-order valence-electron chi connectivity index (χ1n) is 7.40. The zero-order valence-electron chi connectivity index (χ0n) is 13.1. The van der Waals surface area contributed by atoms with Gasteiger partial charge in [-0.15, -0.1) is 0 Å². The molecule has 6 nitrogen and oxygen atoms in total. The van der Waals surface area contributed by atoms with Crippen LogP contribution in [0.15, 0.2) is 24.3 Å². The van der Waals surface area contributed by atoms with E-state index in [1.165, 1.54) is 11.0 Å². The Morgan fingerprint density at radius 3 is 2.58 bits per heavy atom. The van der Waals surface area contributed by atoms with Gasteiger partial charge in [0.1, 0.15) is 5.69 Å². The van der Waals surface area contributed by atoms with Gasteiger partial charge in [0.15, 0.2) is 11.6 Å². The van der Waals surface area contributed by atoms with Crippen LogP contribution in [0.1, 0.15) is 35.1 Å². The van der Waals surface area contributed by atoms with Gasteiger partial charge >= 0.3 is 5.97 Å². The fourth-order valence-corrected chi connectivity index (χ4v) is 2.16. The minimum absolute atomic E-state index is 0.0440. The van der Waals surface area contributed by atoms with Crippen LogP contribution in [-0.4, -0.2) is 38.6 Å². The molecule has 0 aliphatic carbocycles. The lowest BCUT2D eigenvalue weighted by Gasteiger charge is -2.21. The van der Waals surface area contributed by atoms with Gasteiger partial charge in [0.25, 0.3) is 5.91 Å². The number of nitrogens with one attached hydrogen (secondary N) is 1. The van der Waals surface area contributed by atoms with Gasteiger partial charge < -0.3 is 10.0 Å². The number of aryl methyl sites for hydroxylation is 1. The van der Waals surface area contributed by atoms with Crippen molar-refractivity contribution in [2.45, 2.75) is 26.3 Å². The number of carboxylic acids is 1. The summed E-state index contributed by atoms with van der Waals surface area (Å²) >= 11 is 0. The van der Waals surface area contributed by atoms with Crippen molar-refractivity contribution in [1.29, 1.82) is 0 Å². The number of aromatic amines is 1. The quantitative estimate of drug-likeness (QED) is 0.812. The van der Waals surface area contributed by atoms with E-state index in [0.717, 1.165) is 17.8 Å². The number of aromatic nitrogens is 2. The van der Waals surface area contributed by atoms with E-state index >= 15 is 0 Å². The molecule has 1 heterocycles. The first-order valence-corrected chi connectivity index (χ1v) is 7.40. The van der Waals surface area contributed by atoms with Crippen LogP contribution in [0.5, 0.6) is 0 Å². The maximum Gasteiger partial charge on any atom is 0.305 e. The molecule has 2 aromatic rings. The van der Waals surface area contributed by atoms with Crippen molar-refractivity contribution in [2.75, 3.05) is 6.54 Å². The molecule has 1 aromatic heterocycles. The number of nitrogens with zero attached hydrogens (tertiary/aromatic N) is 2. The van der Waals surface area contributed by atoms with Crippen molar-refractivity contribution in [1.82, 2.24) is 15.1 Å². The second-order valence-electron chi connectivity index (χ2n) is 5.25. The van der Waals surface area contributed by atoms with Crippen LogP contribution in [0.3, 0.4) is 0 Å². The number of hydrogen-bond acceptors (Lipinski definition) is 3. The molecule has 0 bridgehead atoms. The third-order valence-corrected chi connectivity index (χ3v) is 3.47. The van der Waals surface area contributed by atoms with Gasteiger partial charge in [-0.3, -0.25) is 14.7 Å². The van der Waals surface area contributed by atoms with Crippen LogP contribution < -0.4 is 0 Å². The fourth-order valence-electron chi connectivity index (χ4n) is 2.16. The fraction of sp³-hybridized carbons (Fsp3) is 0.312. The summed E-state index contributed by atoms with van der Waals surface area (Å²) in [6.45, 7) is 1.78. The maximum atomic E-state index is 13.3. The molecule has 0 saturated heterocycles. The molecule has 1 amide bonds. The lowest BCUT2D eigenvalue weighted by Crippen LogP contribution is -2.33. The standard InChI is InChI=1S/C16H17F2N3O3/c1-2-11-8-14(20-19-11)16(24)21(6-5-15(22)23)9-10-3-4-12(17)13(18)7-10/h3-4,7-8H,2,5-6,9H2,1H3,(H,19,20)(H,22,23). The Balaban J connectivity index is 2.20. The van der Waals surface area contributed by atoms with E-state index < -0.39 is 23.5 Å². The number of halogens is 2. The smallest absolute Gasteiger partial charge is 0.305 e. The highest BCUT2D eigenvalue weighted by atomic mass is 19.2. The number of hydrogen-bond donors (Lipinski definition) is 2. The minimum Gasteiger partial charge on any atom is -0.481 e. The molecule has 0 spiro atoms. The van der Waals surface area contributed by atoms with Gasteiger partial charge in [0.2, 0.25) is 0 Å². The van der Waals surface area contributed by atoms with E-state index in [-0.39, 0.29) is 25.2 Å². The number of H-pyrrole nitrogens is 1. The van der Waals surface area contributed by atoms with E-state index in [1.807, 2.05) is 6.92 Å². The van der Waals surface area contributed by atoms with Crippen LogP contribution >= 0.6 is 0 Å². The third-order valence-electron chi connectivity index (χ3n) is 3.47. The van der Waals surface area contributed by atoms with Gasteiger partial charge in [0.05, 0.1) is 6.42 Å². The topological polar surface area (TPSA) is 86.3 Å². The Labute approximate surface area is 137 Å². The minimum atomic E-state index is -1.06. The Kier molecular flexibility index (Phi) is 5.62. The molecule has 128 valence electrons. The van der Waals surface area contributed by atoms with Crippen LogP contribution in [0.25, 0.3) is 0 Å². The molecule has 0 fully saturated rings. The van der Waals surface area contributed by atoms with Gasteiger partial charge in [-0.2, -0.15) is 5.10 Å². The Bertz CT molecular complexity index is 746. The average molecular weight is 337 g/mol. The number of carboxylic acid groups (broad SMARTS) is 1. The second kappa shape index (κ2) is 7.67. The SMILES string of the molecule is CCc1cc(C(=O)N(CCC(=O)O)Cc2ccc(F)c(F)c2)n[nH]1. The molecule has 1 aromatic carbocycles. The molecule has 0 atom stereocenters. The predicted octanol–water partition coefficient (Wildman–Crippen LogP) is 2.37. The average Bonchev–Trinajstić information content (AvgIpc) is 3.03. The van der Waals surface area contributed by atoms with Gasteiger partial charge in [-0.05, 0) is 30.2 Å². The molecule has 0 radical (unpaired) electrons. The maximum absolute atomic E-state index is 13.3. The third kappa shape index (κ3) is 4.37. The Morgan fingerprint density at radius 1 is 1.25 bits per heavy atom. The van der Waals surface area contributed by atoms with E-state index in [0.29, 0.717) is 12.0 Å². The zero-order chi connectivity index (χ0) is 17.7. The van der Waals surface area contributed by atoms with Gasteiger partial charge in [-0.1, -0.05) is 13.0 Å². The summed E-state index contributed by atoms with van der Waals surface area (Å²) < 4.78 is 26.3. The summed E-state index contributed by atoms with van der Waals surface area (Å²) in [7, 11) is 0. The number of carbonyl (C=O) groups excluding carboxylic acids is 1. The molecule has 2 N–H and O–H groups in total. The van der Waals surface area contributed by atoms with Crippen LogP contribution in [0, 0.1) is 11.6 Å². The molecule has 0 saturated carbocycles. The van der Waals surface area contributed by atoms with E-state index in [4.69, 9.17) is 5.11 Å². The summed E-state index contributed by atoms with van der Waals surface area (Å²) in [5.41, 5.74) is 1.28. The van der Waals surface area contributed by atoms with Crippen LogP contribution in [0.2, 0.25) is 0 Å². The highest BCUT2D eigenvalue weighted by molar-refractivity contribution is 5.92. The summed E-state index contributed by atoms with van der Waals surface area (Å²) in [4.78, 5) is 24.6. The molecular weight excluding hydrogens is 320 g/mol. The van der Waals surface area contributed by atoms with Crippen molar-refractivity contribution >= 4 is 11.9 Å². The summed E-state index contributed by atoms with van der Waals surface area (Å²) in [6.07, 6.45) is 0.402. The lowest BCUT2D eigenvalue weighted by molar-refractivity contribution is -0.137. The van der Waals surface area contributed by atoms with Gasteiger partial charge in [-0.25, -0.2) is 8.78 Å². The molecule has 24 heavy (non-hydrogen) atoms. The highest BCUT2D eigenvalue weighted by Gasteiger charge is 2.20. The van der Waals surface area contributed by atoms with E-state index in [1.54, 1.807) is 6.07 Å². The monoisotopic (exact) mass is 337 g/mol. The number of rotatable bonds is 7. The number of carbonyl (C=O) groups is 2. The summed E-state index contributed by atoms with van der Waals surface area (Å²) in [5, 5.41) is 15.5. The summed E-state index contributed by atoms with van der Waals surface area (Å²) in [5.74, 6) is -3.54. The van der Waals surface area contributed by atoms with E-state index in [2.05, 4.69) is 10.2 Å². The van der Waals surface area contributed by atoms with Crippen molar-refractivity contribution in [3.05, 3.63) is 52.9 Å². The highest BCUT2D eigenvalue weighted by Crippen LogP contribution is 2.14. The van der Waals surface area contributed by atoms with E-state index in [9.17, 15) is 18.4 Å². The number of amides is 1. The predicted molar refractivity (Wildman–Crippen MR) is 81.3 cm³/mol. The van der Waals surface area contributed by atoms with Gasteiger partial charge in [0, 0.05) is 18.8 Å².